The number of carbonyl (C=O) groups excluding carboxylic acids is 1. The van der Waals surface area contributed by atoms with E-state index in [1.807, 2.05) is 61.6 Å². The Balaban J connectivity index is 1.90. The Morgan fingerprint density at radius 2 is 1.76 bits per heavy atom. The van der Waals surface area contributed by atoms with Crippen LogP contribution in [0.5, 0.6) is 0 Å². The molecule has 0 aliphatic rings. The van der Waals surface area contributed by atoms with Gasteiger partial charge in [0.15, 0.2) is 5.69 Å². The SMILES string of the molecule is CN(Cc1ccccc1)C(=O)c1nn(C)c2ccccc12. The summed E-state index contributed by atoms with van der Waals surface area (Å²) in [5, 5.41) is 5.27. The summed E-state index contributed by atoms with van der Waals surface area (Å²) in [7, 11) is 3.66. The highest BCUT2D eigenvalue weighted by Gasteiger charge is 2.19. The first-order chi connectivity index (χ1) is 10.2. The third-order valence-corrected chi connectivity index (χ3v) is 3.57. The first-order valence-electron chi connectivity index (χ1n) is 6.88. The maximum absolute atomic E-state index is 12.6. The minimum atomic E-state index is -0.0596. The maximum atomic E-state index is 12.6. The van der Waals surface area contributed by atoms with E-state index >= 15 is 0 Å². The lowest BCUT2D eigenvalue weighted by molar-refractivity contribution is 0.0780. The number of fused-ring (bicyclic) bond motifs is 1. The van der Waals surface area contributed by atoms with Gasteiger partial charge in [0.2, 0.25) is 0 Å². The molecule has 0 bridgehead atoms. The van der Waals surface area contributed by atoms with E-state index in [0.717, 1.165) is 16.5 Å². The second-order valence-electron chi connectivity index (χ2n) is 5.14. The van der Waals surface area contributed by atoms with Gasteiger partial charge in [-0.1, -0.05) is 48.5 Å². The van der Waals surface area contributed by atoms with Crippen LogP contribution in [0, 0.1) is 0 Å². The summed E-state index contributed by atoms with van der Waals surface area (Å²) in [6.45, 7) is 0.574. The number of rotatable bonds is 3. The molecule has 0 spiro atoms. The molecule has 1 amide bonds. The molecule has 0 N–H and O–H groups in total. The fourth-order valence-electron chi connectivity index (χ4n) is 2.48. The smallest absolute Gasteiger partial charge is 0.275 e. The highest BCUT2D eigenvalue weighted by atomic mass is 16.2. The zero-order valence-corrected chi connectivity index (χ0v) is 12.2. The molecule has 0 saturated carbocycles. The molecular weight excluding hydrogens is 262 g/mol. The van der Waals surface area contributed by atoms with E-state index in [9.17, 15) is 4.79 Å². The Hall–Kier alpha value is -2.62. The normalized spacial score (nSPS) is 10.8. The average Bonchev–Trinajstić information content (AvgIpc) is 2.85. The van der Waals surface area contributed by atoms with Crippen LogP contribution >= 0.6 is 0 Å². The lowest BCUT2D eigenvalue weighted by atomic mass is 10.2. The molecule has 4 heteroatoms. The van der Waals surface area contributed by atoms with Gasteiger partial charge >= 0.3 is 0 Å². The number of carbonyl (C=O) groups is 1. The van der Waals surface area contributed by atoms with Crippen LogP contribution in [0.2, 0.25) is 0 Å². The van der Waals surface area contributed by atoms with Crippen molar-refractivity contribution in [3.63, 3.8) is 0 Å². The number of hydrogen-bond acceptors (Lipinski definition) is 2. The molecule has 3 rings (SSSR count). The predicted molar refractivity (Wildman–Crippen MR) is 83.0 cm³/mol. The Morgan fingerprint density at radius 3 is 2.52 bits per heavy atom. The van der Waals surface area contributed by atoms with E-state index in [1.165, 1.54) is 0 Å². The molecule has 21 heavy (non-hydrogen) atoms. The number of benzene rings is 2. The summed E-state index contributed by atoms with van der Waals surface area (Å²) < 4.78 is 1.75. The Labute approximate surface area is 123 Å². The Bertz CT molecular complexity index is 777. The monoisotopic (exact) mass is 279 g/mol. The van der Waals surface area contributed by atoms with Gasteiger partial charge < -0.3 is 4.90 Å². The van der Waals surface area contributed by atoms with Gasteiger partial charge in [-0.05, 0) is 11.6 Å². The van der Waals surface area contributed by atoms with Crippen molar-refractivity contribution in [2.24, 2.45) is 7.05 Å². The molecule has 1 heterocycles. The van der Waals surface area contributed by atoms with E-state index in [0.29, 0.717) is 12.2 Å². The van der Waals surface area contributed by atoms with Gasteiger partial charge in [-0.15, -0.1) is 0 Å². The van der Waals surface area contributed by atoms with Crippen LogP contribution in [0.25, 0.3) is 10.9 Å². The molecule has 0 aliphatic heterocycles. The summed E-state index contributed by atoms with van der Waals surface area (Å²) in [6.07, 6.45) is 0. The summed E-state index contributed by atoms with van der Waals surface area (Å²) in [5.74, 6) is -0.0596. The molecule has 0 aliphatic carbocycles. The lowest BCUT2D eigenvalue weighted by Gasteiger charge is -2.16. The third-order valence-electron chi connectivity index (χ3n) is 3.57. The quantitative estimate of drug-likeness (QED) is 0.739. The van der Waals surface area contributed by atoms with Crippen molar-refractivity contribution in [1.82, 2.24) is 14.7 Å². The molecule has 0 unspecified atom stereocenters. The summed E-state index contributed by atoms with van der Waals surface area (Å²) in [6, 6.07) is 17.7. The van der Waals surface area contributed by atoms with Crippen LogP contribution in [-0.2, 0) is 13.6 Å². The van der Waals surface area contributed by atoms with Gasteiger partial charge in [0.05, 0.1) is 5.52 Å². The molecule has 0 radical (unpaired) electrons. The van der Waals surface area contributed by atoms with Gasteiger partial charge in [-0.25, -0.2) is 0 Å². The molecule has 0 fully saturated rings. The molecule has 0 atom stereocenters. The van der Waals surface area contributed by atoms with Crippen LogP contribution in [0.15, 0.2) is 54.6 Å². The molecule has 106 valence electrons. The van der Waals surface area contributed by atoms with E-state index in [-0.39, 0.29) is 5.91 Å². The largest absolute Gasteiger partial charge is 0.336 e. The summed E-state index contributed by atoms with van der Waals surface area (Å²) >= 11 is 0. The van der Waals surface area contributed by atoms with Crippen molar-refractivity contribution in [3.8, 4) is 0 Å². The molecule has 3 aromatic rings. The topological polar surface area (TPSA) is 38.1 Å². The predicted octanol–water partition coefficient (Wildman–Crippen LogP) is 2.85. The zero-order valence-electron chi connectivity index (χ0n) is 12.2. The number of amides is 1. The fourth-order valence-corrected chi connectivity index (χ4v) is 2.48. The van der Waals surface area contributed by atoms with E-state index < -0.39 is 0 Å². The highest BCUT2D eigenvalue weighted by molar-refractivity contribution is 6.04. The van der Waals surface area contributed by atoms with Gasteiger partial charge in [-0.3, -0.25) is 9.48 Å². The zero-order chi connectivity index (χ0) is 14.8. The first kappa shape index (κ1) is 13.4. The maximum Gasteiger partial charge on any atom is 0.275 e. The van der Waals surface area contributed by atoms with Crippen molar-refractivity contribution in [3.05, 3.63) is 65.9 Å². The Morgan fingerprint density at radius 1 is 1.10 bits per heavy atom. The average molecular weight is 279 g/mol. The van der Waals surface area contributed by atoms with Gasteiger partial charge in [-0.2, -0.15) is 5.10 Å². The summed E-state index contributed by atoms with van der Waals surface area (Å²) in [5.41, 5.74) is 2.58. The van der Waals surface area contributed by atoms with Crippen LogP contribution < -0.4 is 0 Å². The summed E-state index contributed by atoms with van der Waals surface area (Å²) in [4.78, 5) is 14.3. The van der Waals surface area contributed by atoms with Gasteiger partial charge in [0.1, 0.15) is 0 Å². The van der Waals surface area contributed by atoms with E-state index in [4.69, 9.17) is 0 Å². The fraction of sp³-hybridized carbons (Fsp3) is 0.176. The molecule has 1 aromatic heterocycles. The van der Waals surface area contributed by atoms with E-state index in [1.54, 1.807) is 16.6 Å². The van der Waals surface area contributed by atoms with Gasteiger partial charge in [0, 0.05) is 26.0 Å². The minimum Gasteiger partial charge on any atom is -0.336 e. The second-order valence-corrected chi connectivity index (χ2v) is 5.14. The molecule has 2 aromatic carbocycles. The first-order valence-corrected chi connectivity index (χ1v) is 6.88. The van der Waals surface area contributed by atoms with Crippen molar-refractivity contribution in [2.75, 3.05) is 7.05 Å². The highest BCUT2D eigenvalue weighted by Crippen LogP contribution is 2.19. The van der Waals surface area contributed by atoms with Crippen LogP contribution in [0.3, 0.4) is 0 Å². The Kier molecular flexibility index (Phi) is 3.44. The number of aromatic nitrogens is 2. The second kappa shape index (κ2) is 5.40. The standard InChI is InChI=1S/C17H17N3O/c1-19(12-13-8-4-3-5-9-13)17(21)16-14-10-6-7-11-15(14)20(2)18-16/h3-11H,12H2,1-2H3. The molecular formula is C17H17N3O. The van der Waals surface area contributed by atoms with Crippen molar-refractivity contribution in [2.45, 2.75) is 6.54 Å². The third kappa shape index (κ3) is 2.52. The number of hydrogen-bond donors (Lipinski definition) is 0. The van der Waals surface area contributed by atoms with Crippen molar-refractivity contribution in [1.29, 1.82) is 0 Å². The van der Waals surface area contributed by atoms with E-state index in [2.05, 4.69) is 5.10 Å². The van der Waals surface area contributed by atoms with Crippen molar-refractivity contribution < 1.29 is 4.79 Å². The minimum absolute atomic E-state index is 0.0596. The van der Waals surface area contributed by atoms with Crippen LogP contribution in [0.1, 0.15) is 16.1 Å². The number of nitrogens with zero attached hydrogens (tertiary/aromatic N) is 3. The number of aryl methyl sites for hydroxylation is 1. The molecule has 4 nitrogen and oxygen atoms in total. The lowest BCUT2D eigenvalue weighted by Crippen LogP contribution is -2.26. The van der Waals surface area contributed by atoms with Crippen molar-refractivity contribution >= 4 is 16.8 Å². The van der Waals surface area contributed by atoms with Gasteiger partial charge in [0.25, 0.3) is 5.91 Å². The number of para-hydroxylation sites is 1. The van der Waals surface area contributed by atoms with Crippen LogP contribution in [-0.4, -0.2) is 27.6 Å². The van der Waals surface area contributed by atoms with Crippen LogP contribution in [0.4, 0.5) is 0 Å². The molecule has 0 saturated heterocycles.